The van der Waals surface area contributed by atoms with Crippen LogP contribution in [0.1, 0.15) is 17.5 Å². The van der Waals surface area contributed by atoms with Crippen LogP contribution in [0.3, 0.4) is 0 Å². The molecule has 0 amide bonds. The summed E-state index contributed by atoms with van der Waals surface area (Å²) in [5.74, 6) is 0.932. The first-order chi connectivity index (χ1) is 9.03. The number of nitrogens with zero attached hydrogens (tertiary/aromatic N) is 1. The van der Waals surface area contributed by atoms with Gasteiger partial charge in [0.1, 0.15) is 0 Å². The van der Waals surface area contributed by atoms with Crippen LogP contribution in [0.15, 0.2) is 29.3 Å². The number of nitrogens with one attached hydrogen (secondary N) is 2. The third kappa shape index (κ3) is 6.08. The highest BCUT2D eigenvalue weighted by Gasteiger charge is 2.05. The zero-order valence-electron chi connectivity index (χ0n) is 11.4. The fraction of sp³-hybridized carbons (Fsp3) is 0.462. The van der Waals surface area contributed by atoms with Crippen molar-refractivity contribution in [3.8, 4) is 0 Å². The smallest absolute Gasteiger partial charge is 0.191 e. The van der Waals surface area contributed by atoms with E-state index in [1.54, 1.807) is 0 Å². The number of guanidine groups is 1. The summed E-state index contributed by atoms with van der Waals surface area (Å²) in [4.78, 5) is 4.33. The van der Waals surface area contributed by atoms with Crippen molar-refractivity contribution < 1.29 is 8.42 Å². The summed E-state index contributed by atoms with van der Waals surface area (Å²) >= 11 is 0. The van der Waals surface area contributed by atoms with E-state index in [-0.39, 0.29) is 29.7 Å². The normalized spacial score (nSPS) is 14.8. The third-order valence-electron chi connectivity index (χ3n) is 2.81. The molecular weight excluding hydrogens is 389 g/mol. The number of rotatable bonds is 4. The lowest BCUT2D eigenvalue weighted by atomic mass is 10.1. The summed E-state index contributed by atoms with van der Waals surface area (Å²) < 4.78 is 22.4. The molecule has 0 spiro atoms. The Hall–Kier alpha value is -0.830. The second-order valence-electron chi connectivity index (χ2n) is 4.75. The van der Waals surface area contributed by atoms with E-state index in [9.17, 15) is 8.42 Å². The Morgan fingerprint density at radius 2 is 1.90 bits per heavy atom. The Labute approximate surface area is 137 Å². The van der Waals surface area contributed by atoms with Crippen LogP contribution < -0.4 is 10.6 Å². The van der Waals surface area contributed by atoms with E-state index in [1.807, 2.05) is 24.3 Å². The quantitative estimate of drug-likeness (QED) is 0.736. The van der Waals surface area contributed by atoms with E-state index in [0.717, 1.165) is 36.6 Å². The van der Waals surface area contributed by atoms with Crippen LogP contribution in [-0.2, 0) is 22.1 Å². The van der Waals surface area contributed by atoms with Crippen LogP contribution in [0.25, 0.3) is 0 Å². The van der Waals surface area contributed by atoms with Gasteiger partial charge in [0.2, 0.25) is 0 Å². The molecule has 0 saturated carbocycles. The average Bonchev–Trinajstić information content (AvgIpc) is 2.37. The predicted molar refractivity (Wildman–Crippen MR) is 92.2 cm³/mol. The summed E-state index contributed by atoms with van der Waals surface area (Å²) in [6.07, 6.45) is 2.32. The largest absolute Gasteiger partial charge is 0.356 e. The van der Waals surface area contributed by atoms with Crippen LogP contribution in [-0.4, -0.2) is 33.7 Å². The lowest BCUT2D eigenvalue weighted by Gasteiger charge is -2.16. The zero-order chi connectivity index (χ0) is 13.7. The highest BCUT2D eigenvalue weighted by atomic mass is 127. The number of benzene rings is 1. The first kappa shape index (κ1) is 17.2. The summed E-state index contributed by atoms with van der Waals surface area (Å²) in [6.45, 7) is 2.51. The number of sulfone groups is 1. The molecule has 1 heterocycles. The summed E-state index contributed by atoms with van der Waals surface area (Å²) in [5.41, 5.74) is 1.92. The number of hydrogen-bond donors (Lipinski definition) is 2. The van der Waals surface area contributed by atoms with E-state index in [0.29, 0.717) is 6.54 Å². The van der Waals surface area contributed by atoms with Gasteiger partial charge in [-0.25, -0.2) is 8.42 Å². The minimum absolute atomic E-state index is 0. The molecule has 0 bridgehead atoms. The molecule has 0 radical (unpaired) electrons. The molecule has 7 heteroatoms. The second-order valence-corrected chi connectivity index (χ2v) is 6.89. The van der Waals surface area contributed by atoms with Crippen LogP contribution >= 0.6 is 24.0 Å². The highest BCUT2D eigenvalue weighted by Crippen LogP contribution is 2.07. The first-order valence-electron chi connectivity index (χ1n) is 6.31. The number of hydrogen-bond acceptors (Lipinski definition) is 5. The molecule has 5 nitrogen and oxygen atoms in total. The number of aliphatic imine (C=N–C) groups is 1. The molecule has 112 valence electrons. The van der Waals surface area contributed by atoms with Gasteiger partial charge in [0.15, 0.2) is 15.8 Å². The molecule has 0 saturated heterocycles. The second kappa shape index (κ2) is 7.82. The molecule has 20 heavy (non-hydrogen) atoms. The lowest BCUT2D eigenvalue weighted by Crippen LogP contribution is -2.40. The van der Waals surface area contributed by atoms with Crippen LogP contribution in [0.4, 0.5) is 0 Å². The summed E-state index contributed by atoms with van der Waals surface area (Å²) in [7, 11) is -2.96. The molecule has 2 rings (SSSR count). The van der Waals surface area contributed by atoms with Crippen molar-refractivity contribution in [3.63, 3.8) is 0 Å². The fourth-order valence-corrected chi connectivity index (χ4v) is 2.69. The average molecular weight is 409 g/mol. The molecule has 1 aliphatic rings. The molecule has 0 aliphatic carbocycles. The van der Waals surface area contributed by atoms with Gasteiger partial charge in [-0.15, -0.1) is 24.0 Å². The SMILES string of the molecule is CS(=O)(=O)Cc1ccc(CNC2=NCCCN2)cc1.I. The van der Waals surface area contributed by atoms with Crippen molar-refractivity contribution in [2.75, 3.05) is 19.3 Å². The van der Waals surface area contributed by atoms with Crippen molar-refractivity contribution in [1.29, 1.82) is 0 Å². The van der Waals surface area contributed by atoms with Gasteiger partial charge in [0, 0.05) is 25.9 Å². The van der Waals surface area contributed by atoms with Crippen LogP contribution in [0.5, 0.6) is 0 Å². The van der Waals surface area contributed by atoms with E-state index in [1.165, 1.54) is 6.26 Å². The molecular formula is C13H20IN3O2S. The van der Waals surface area contributed by atoms with Crippen molar-refractivity contribution >= 4 is 39.8 Å². The van der Waals surface area contributed by atoms with Crippen molar-refractivity contribution in [2.45, 2.75) is 18.7 Å². The lowest BCUT2D eigenvalue weighted by molar-refractivity contribution is 0.601. The van der Waals surface area contributed by atoms with E-state index in [4.69, 9.17) is 0 Å². The minimum Gasteiger partial charge on any atom is -0.356 e. The fourth-order valence-electron chi connectivity index (χ4n) is 1.89. The topological polar surface area (TPSA) is 70.6 Å². The van der Waals surface area contributed by atoms with Gasteiger partial charge in [-0.1, -0.05) is 24.3 Å². The highest BCUT2D eigenvalue weighted by molar-refractivity contribution is 14.0. The first-order valence-corrected chi connectivity index (χ1v) is 8.37. The van der Waals surface area contributed by atoms with Crippen molar-refractivity contribution in [3.05, 3.63) is 35.4 Å². The summed E-state index contributed by atoms with van der Waals surface area (Å²) in [6, 6.07) is 7.59. The zero-order valence-corrected chi connectivity index (χ0v) is 14.6. The Balaban J connectivity index is 0.00000200. The van der Waals surface area contributed by atoms with Crippen molar-refractivity contribution in [2.24, 2.45) is 4.99 Å². The Kier molecular flexibility index (Phi) is 6.74. The Morgan fingerprint density at radius 3 is 2.45 bits per heavy atom. The number of halogens is 1. The standard InChI is InChI=1S/C13H19N3O2S.HI/c1-19(17,18)10-12-5-3-11(4-6-12)9-16-13-14-7-2-8-15-13;/h3-6H,2,7-10H2,1H3,(H2,14,15,16);1H. The van der Waals surface area contributed by atoms with Crippen LogP contribution in [0, 0.1) is 0 Å². The Morgan fingerprint density at radius 1 is 1.25 bits per heavy atom. The van der Waals surface area contributed by atoms with E-state index in [2.05, 4.69) is 15.6 Å². The maximum Gasteiger partial charge on any atom is 0.191 e. The Bertz CT molecular complexity index is 555. The van der Waals surface area contributed by atoms with Crippen LogP contribution in [0.2, 0.25) is 0 Å². The molecule has 1 aromatic carbocycles. The third-order valence-corrected chi connectivity index (χ3v) is 3.67. The summed E-state index contributed by atoms with van der Waals surface area (Å²) in [5, 5.41) is 6.42. The van der Waals surface area contributed by atoms with Gasteiger partial charge < -0.3 is 10.6 Å². The van der Waals surface area contributed by atoms with Gasteiger partial charge in [-0.3, -0.25) is 4.99 Å². The minimum atomic E-state index is -2.96. The van der Waals surface area contributed by atoms with E-state index >= 15 is 0 Å². The molecule has 2 N–H and O–H groups in total. The molecule has 0 fully saturated rings. The molecule has 0 unspecified atom stereocenters. The van der Waals surface area contributed by atoms with Crippen molar-refractivity contribution in [1.82, 2.24) is 10.6 Å². The molecule has 1 aromatic rings. The predicted octanol–water partition coefficient (Wildman–Crippen LogP) is 1.29. The van der Waals surface area contributed by atoms with Gasteiger partial charge >= 0.3 is 0 Å². The molecule has 1 aliphatic heterocycles. The maximum atomic E-state index is 11.2. The van der Waals surface area contributed by atoms with Gasteiger partial charge in [0.25, 0.3) is 0 Å². The van der Waals surface area contributed by atoms with Gasteiger partial charge in [-0.2, -0.15) is 0 Å². The van der Waals surface area contributed by atoms with E-state index < -0.39 is 9.84 Å². The van der Waals surface area contributed by atoms with Gasteiger partial charge in [-0.05, 0) is 17.5 Å². The molecule has 0 atom stereocenters. The van der Waals surface area contributed by atoms with Gasteiger partial charge in [0.05, 0.1) is 5.75 Å². The monoisotopic (exact) mass is 409 g/mol. The molecule has 0 aromatic heterocycles. The maximum absolute atomic E-state index is 11.2.